The molecule has 4 heteroatoms. The van der Waals surface area contributed by atoms with E-state index in [0.717, 1.165) is 5.03 Å². The maximum Gasteiger partial charge on any atom is 0.148 e. The number of hydrogen-bond donors (Lipinski definition) is 0. The highest BCUT2D eigenvalue weighted by atomic mass is 35.5. The average Bonchev–Trinajstić information content (AvgIpc) is 2.15. The minimum Gasteiger partial charge on any atom is -0.298 e. The molecule has 0 atom stereocenters. The van der Waals surface area contributed by atoms with Gasteiger partial charge in [0.05, 0.1) is 15.8 Å². The van der Waals surface area contributed by atoms with Gasteiger partial charge in [-0.25, -0.2) is 4.98 Å². The number of carbonyl (C=O) groups is 1. The summed E-state index contributed by atoms with van der Waals surface area (Å²) >= 11 is 7.15. The Kier molecular flexibility index (Phi) is 4.17. The lowest BCUT2D eigenvalue weighted by Crippen LogP contribution is -2.21. The van der Waals surface area contributed by atoms with E-state index >= 15 is 0 Å². The average molecular weight is 244 g/mol. The van der Waals surface area contributed by atoms with Crippen molar-refractivity contribution in [2.24, 2.45) is 5.41 Å². The first-order chi connectivity index (χ1) is 6.89. The third-order valence-electron chi connectivity index (χ3n) is 1.89. The predicted octanol–water partition coefficient (Wildman–Crippen LogP) is 3.44. The number of nitrogens with zero attached hydrogens (tertiary/aromatic N) is 1. The zero-order chi connectivity index (χ0) is 11.5. The van der Waals surface area contributed by atoms with Crippen molar-refractivity contribution >= 4 is 29.1 Å². The molecule has 82 valence electrons. The Bertz CT molecular complexity index is 343. The van der Waals surface area contributed by atoms with Crippen LogP contribution in [0.2, 0.25) is 5.02 Å². The Labute approximate surface area is 99.4 Å². The number of halogens is 1. The van der Waals surface area contributed by atoms with E-state index in [1.165, 1.54) is 11.8 Å². The van der Waals surface area contributed by atoms with Crippen LogP contribution in [0.15, 0.2) is 23.4 Å². The van der Waals surface area contributed by atoms with Gasteiger partial charge in [-0.2, -0.15) is 0 Å². The number of aromatic nitrogens is 1. The SMILES string of the molecule is CC(C)(C)C(=O)CSc1ccc(Cl)cn1. The topological polar surface area (TPSA) is 30.0 Å². The molecule has 15 heavy (non-hydrogen) atoms. The van der Waals surface area contributed by atoms with Crippen molar-refractivity contribution in [2.75, 3.05) is 5.75 Å². The highest BCUT2D eigenvalue weighted by Crippen LogP contribution is 2.22. The lowest BCUT2D eigenvalue weighted by atomic mass is 9.92. The molecule has 0 aliphatic rings. The van der Waals surface area contributed by atoms with Gasteiger partial charge in [-0.1, -0.05) is 44.1 Å². The summed E-state index contributed by atoms with van der Waals surface area (Å²) < 4.78 is 0. The lowest BCUT2D eigenvalue weighted by Gasteiger charge is -2.15. The van der Waals surface area contributed by atoms with Crippen molar-refractivity contribution in [1.82, 2.24) is 4.98 Å². The minimum absolute atomic E-state index is 0.226. The van der Waals surface area contributed by atoms with Gasteiger partial charge in [0.15, 0.2) is 0 Å². The van der Waals surface area contributed by atoms with E-state index in [2.05, 4.69) is 4.98 Å². The van der Waals surface area contributed by atoms with E-state index in [1.54, 1.807) is 12.3 Å². The monoisotopic (exact) mass is 243 g/mol. The molecule has 0 radical (unpaired) electrons. The molecular weight excluding hydrogens is 230 g/mol. The van der Waals surface area contributed by atoms with Crippen LogP contribution in [0, 0.1) is 5.41 Å². The smallest absolute Gasteiger partial charge is 0.148 e. The fourth-order valence-corrected chi connectivity index (χ4v) is 1.92. The van der Waals surface area contributed by atoms with Gasteiger partial charge in [0.1, 0.15) is 5.78 Å². The van der Waals surface area contributed by atoms with Crippen molar-refractivity contribution in [2.45, 2.75) is 25.8 Å². The maximum absolute atomic E-state index is 11.6. The maximum atomic E-state index is 11.6. The van der Waals surface area contributed by atoms with Crippen LogP contribution in [0.5, 0.6) is 0 Å². The number of thioether (sulfide) groups is 1. The van der Waals surface area contributed by atoms with Crippen molar-refractivity contribution in [3.8, 4) is 0 Å². The molecule has 0 spiro atoms. The van der Waals surface area contributed by atoms with E-state index in [4.69, 9.17) is 11.6 Å². The first-order valence-corrected chi connectivity index (χ1v) is 6.03. The fraction of sp³-hybridized carbons (Fsp3) is 0.455. The first-order valence-electron chi connectivity index (χ1n) is 4.67. The molecule has 1 aromatic heterocycles. The first kappa shape index (κ1) is 12.5. The molecule has 0 amide bonds. The number of carbonyl (C=O) groups excluding carboxylic acids is 1. The summed E-state index contributed by atoms with van der Waals surface area (Å²) in [4.78, 5) is 15.7. The molecule has 0 aromatic carbocycles. The van der Waals surface area contributed by atoms with Crippen LogP contribution >= 0.6 is 23.4 Å². The molecule has 0 N–H and O–H groups in total. The number of hydrogen-bond acceptors (Lipinski definition) is 3. The van der Waals surface area contributed by atoms with Crippen molar-refractivity contribution < 1.29 is 4.79 Å². The highest BCUT2D eigenvalue weighted by Gasteiger charge is 2.20. The van der Waals surface area contributed by atoms with Gasteiger partial charge in [-0.3, -0.25) is 4.79 Å². The standard InChI is InChI=1S/C11H14ClNOS/c1-11(2,3)9(14)7-15-10-5-4-8(12)6-13-10/h4-6H,7H2,1-3H3. The Morgan fingerprint density at radius 2 is 2.13 bits per heavy atom. The molecule has 1 rings (SSSR count). The van der Waals surface area contributed by atoms with Crippen LogP contribution in [0.3, 0.4) is 0 Å². The van der Waals surface area contributed by atoms with E-state index in [0.29, 0.717) is 10.8 Å². The van der Waals surface area contributed by atoms with Gasteiger partial charge in [0.25, 0.3) is 0 Å². The van der Waals surface area contributed by atoms with Gasteiger partial charge in [0, 0.05) is 11.6 Å². The minimum atomic E-state index is -0.278. The molecule has 2 nitrogen and oxygen atoms in total. The van der Waals surface area contributed by atoms with Crippen LogP contribution in [-0.2, 0) is 4.79 Å². The summed E-state index contributed by atoms with van der Waals surface area (Å²) in [5.74, 6) is 0.683. The van der Waals surface area contributed by atoms with Crippen LogP contribution < -0.4 is 0 Å². The van der Waals surface area contributed by atoms with Gasteiger partial charge in [0.2, 0.25) is 0 Å². The summed E-state index contributed by atoms with van der Waals surface area (Å²) in [7, 11) is 0. The van der Waals surface area contributed by atoms with E-state index in [9.17, 15) is 4.79 Å². The van der Waals surface area contributed by atoms with E-state index < -0.39 is 0 Å². The zero-order valence-corrected chi connectivity index (χ0v) is 10.7. The van der Waals surface area contributed by atoms with Crippen LogP contribution in [-0.4, -0.2) is 16.5 Å². The lowest BCUT2D eigenvalue weighted by molar-refractivity contribution is -0.123. The van der Waals surface area contributed by atoms with Crippen LogP contribution in [0.25, 0.3) is 0 Å². The molecular formula is C11H14ClNOS. The number of ketones is 1. The molecule has 0 aliphatic heterocycles. The van der Waals surface area contributed by atoms with Gasteiger partial charge in [-0.05, 0) is 12.1 Å². The number of rotatable bonds is 3. The fourth-order valence-electron chi connectivity index (χ4n) is 0.804. The zero-order valence-electron chi connectivity index (χ0n) is 9.08. The molecule has 1 heterocycles. The van der Waals surface area contributed by atoms with Gasteiger partial charge < -0.3 is 0 Å². The second kappa shape index (κ2) is 4.99. The third-order valence-corrected chi connectivity index (χ3v) is 3.06. The summed E-state index contributed by atoms with van der Waals surface area (Å²) in [6.07, 6.45) is 1.59. The Morgan fingerprint density at radius 3 is 2.60 bits per heavy atom. The molecule has 0 saturated carbocycles. The molecule has 0 unspecified atom stereocenters. The molecule has 1 aromatic rings. The number of Topliss-reactive ketones (excluding diaryl/α,β-unsaturated/α-hetero) is 1. The highest BCUT2D eigenvalue weighted by molar-refractivity contribution is 7.99. The van der Waals surface area contributed by atoms with Gasteiger partial charge >= 0.3 is 0 Å². The second-order valence-electron chi connectivity index (χ2n) is 4.28. The van der Waals surface area contributed by atoms with Crippen molar-refractivity contribution in [3.05, 3.63) is 23.4 Å². The third kappa shape index (κ3) is 4.22. The van der Waals surface area contributed by atoms with E-state index in [1.807, 2.05) is 26.8 Å². The quantitative estimate of drug-likeness (QED) is 0.762. The second-order valence-corrected chi connectivity index (χ2v) is 5.71. The normalized spacial score (nSPS) is 11.5. The summed E-state index contributed by atoms with van der Waals surface area (Å²) in [5.41, 5.74) is -0.278. The molecule has 0 bridgehead atoms. The summed E-state index contributed by atoms with van der Waals surface area (Å²) in [6.45, 7) is 5.77. The Balaban J connectivity index is 2.51. The van der Waals surface area contributed by atoms with Crippen LogP contribution in [0.4, 0.5) is 0 Å². The van der Waals surface area contributed by atoms with Crippen LogP contribution in [0.1, 0.15) is 20.8 Å². The van der Waals surface area contributed by atoms with Crippen molar-refractivity contribution in [3.63, 3.8) is 0 Å². The Morgan fingerprint density at radius 1 is 1.47 bits per heavy atom. The number of pyridine rings is 1. The van der Waals surface area contributed by atoms with E-state index in [-0.39, 0.29) is 11.2 Å². The van der Waals surface area contributed by atoms with Gasteiger partial charge in [-0.15, -0.1) is 0 Å². The predicted molar refractivity (Wildman–Crippen MR) is 64.4 cm³/mol. The molecule has 0 fully saturated rings. The summed E-state index contributed by atoms with van der Waals surface area (Å²) in [6, 6.07) is 3.60. The van der Waals surface area contributed by atoms with Crippen molar-refractivity contribution in [1.29, 1.82) is 0 Å². The molecule has 0 saturated heterocycles. The molecule has 0 aliphatic carbocycles. The largest absolute Gasteiger partial charge is 0.298 e. The Hall–Kier alpha value is -0.540. The summed E-state index contributed by atoms with van der Waals surface area (Å²) in [5, 5.41) is 1.44.